The van der Waals surface area contributed by atoms with Gasteiger partial charge < -0.3 is 47.9 Å². The van der Waals surface area contributed by atoms with Crippen molar-refractivity contribution in [2.45, 2.75) is 261 Å². The second kappa shape index (κ2) is 45.8. The Morgan fingerprint density at radius 3 is 0.650 bits per heavy atom. The summed E-state index contributed by atoms with van der Waals surface area (Å²) in [6.07, 6.45) is 33.9. The molecule has 0 saturated heterocycles. The van der Waals surface area contributed by atoms with Crippen LogP contribution in [0.15, 0.2) is 146 Å². The van der Waals surface area contributed by atoms with Crippen molar-refractivity contribution >= 4 is 44.1 Å². The number of aromatic nitrogens is 8. The molecule has 0 saturated carbocycles. The summed E-state index contributed by atoms with van der Waals surface area (Å²) in [5, 5.41) is 3.20. The van der Waals surface area contributed by atoms with Crippen LogP contribution in [0.4, 0.5) is 0 Å². The van der Waals surface area contributed by atoms with E-state index < -0.39 is 0 Å². The molecule has 2 aliphatic heterocycles. The highest BCUT2D eigenvalue weighted by Crippen LogP contribution is 2.53. The van der Waals surface area contributed by atoms with Crippen LogP contribution < -0.4 is 37.9 Å². The van der Waals surface area contributed by atoms with Gasteiger partial charge in [0.15, 0.2) is 23.3 Å². The molecule has 16 nitrogen and oxygen atoms in total. The van der Waals surface area contributed by atoms with Crippen molar-refractivity contribution in [2.24, 2.45) is 0 Å². The number of H-pyrrole nitrogens is 2. The molecule has 5 heterocycles. The highest BCUT2D eigenvalue weighted by Gasteiger charge is 2.32. The fourth-order valence-electron chi connectivity index (χ4n) is 16.6. The number of hydrogen-bond acceptors (Lipinski definition) is 14. The first-order chi connectivity index (χ1) is 59.3. The van der Waals surface area contributed by atoms with E-state index in [1.807, 2.05) is 0 Å². The SMILES string of the molecule is CCCCCCOc1cccc(OCCCCCC)c1-c1cccc2c1-c1nc-2nc2[nH]c(nc3nc(nc4[nH]c(n1)c1cccc(-c5c(OCCCCCC)cccc5OCCCCCC)c41)-c1cccc(-c4c(OCCCCCC)cccc4OCCCCCC)c1-3)c1cccc(-c3c(OCCCCCC)cccc3OCCCCCC)c21. The predicted molar refractivity (Wildman–Crippen MR) is 495 cm³/mol. The second-order valence-corrected chi connectivity index (χ2v) is 32.3. The largest absolute Gasteiger partial charge is 0.493 e. The van der Waals surface area contributed by atoms with Gasteiger partial charge in [-0.1, -0.05) is 307 Å². The zero-order valence-electron chi connectivity index (χ0n) is 73.1. The van der Waals surface area contributed by atoms with Gasteiger partial charge in [0, 0.05) is 66.1 Å². The van der Waals surface area contributed by atoms with E-state index in [4.69, 9.17) is 67.8 Å². The van der Waals surface area contributed by atoms with Gasteiger partial charge in [0.1, 0.15) is 68.6 Å². The molecule has 13 rings (SSSR count). The lowest BCUT2D eigenvalue weighted by molar-refractivity contribution is 0.292. The Labute approximate surface area is 713 Å². The van der Waals surface area contributed by atoms with Crippen LogP contribution in [0.5, 0.6) is 46.0 Å². The topological polar surface area (TPSA) is 183 Å². The molecule has 3 aromatic heterocycles. The van der Waals surface area contributed by atoms with E-state index in [1.54, 1.807) is 0 Å². The standard InChI is InChI=1S/C104H130N8O8/c1-9-17-25-33-65-113-81-57-45-58-82(114-66-34-26-18-10-2)93(81)73-49-41-53-77-89(73)101-105-97(77)110-102-91-75(95-85(117-69-37-29-21-13-5)61-47-62-86(95)118-70-38-30-22-14-6)51-43-55-79(91)99(107-102)112-104-92-76(96-87(119-71-39-31-23-15-7)63-48-64-88(96)120-72-40-32-24-16-8)52-44-56-80(92)100(108-104)111-103-90-74(50-42-54-78(90)98(106-103)109-101)94-83(115-67-35-27-19-11-3)59-46-60-84(94)116-68-36-28-20-12-4/h41-64H,9-40,65-72H2,1-8H3,(H2,105,106,107,108,109,110,111,112). The van der Waals surface area contributed by atoms with Gasteiger partial charge in [-0.25, -0.2) is 29.9 Å². The summed E-state index contributed by atoms with van der Waals surface area (Å²) >= 11 is 0. The molecule has 634 valence electrons. The molecule has 2 aliphatic rings. The molecule has 120 heavy (non-hydrogen) atoms. The Kier molecular flexibility index (Phi) is 33.3. The van der Waals surface area contributed by atoms with Gasteiger partial charge in [-0.15, -0.1) is 0 Å². The van der Waals surface area contributed by atoms with Crippen LogP contribution in [-0.4, -0.2) is 92.7 Å². The summed E-state index contributed by atoms with van der Waals surface area (Å²) in [4.78, 5) is 43.1. The van der Waals surface area contributed by atoms with Crippen LogP contribution >= 0.6 is 0 Å². The summed E-state index contributed by atoms with van der Waals surface area (Å²) in [6.45, 7) is 22.3. The molecule has 0 aliphatic carbocycles. The fourth-order valence-corrected chi connectivity index (χ4v) is 16.6. The number of nitrogens with zero attached hydrogens (tertiary/aromatic N) is 6. The molecular weight excluding hydrogens is 1490 g/mol. The lowest BCUT2D eigenvalue weighted by Crippen LogP contribution is -2.03. The summed E-state index contributed by atoms with van der Waals surface area (Å²) in [6, 6.07) is 50.4. The van der Waals surface area contributed by atoms with Crippen molar-refractivity contribution in [1.29, 1.82) is 0 Å². The molecule has 0 radical (unpaired) electrons. The first-order valence-electron chi connectivity index (χ1n) is 46.2. The normalized spacial score (nSPS) is 11.7. The summed E-state index contributed by atoms with van der Waals surface area (Å²) < 4.78 is 56.0. The molecule has 8 aromatic carbocycles. The number of ether oxygens (including phenoxy) is 8. The summed E-state index contributed by atoms with van der Waals surface area (Å²) in [5.74, 6) is 7.56. The second-order valence-electron chi connectivity index (χ2n) is 32.3. The number of hydrogen-bond donors (Lipinski definition) is 2. The Balaban J connectivity index is 1.16. The maximum Gasteiger partial charge on any atom is 0.165 e. The molecule has 0 spiro atoms. The van der Waals surface area contributed by atoms with Crippen molar-refractivity contribution in [3.63, 3.8) is 0 Å². The van der Waals surface area contributed by atoms with Gasteiger partial charge in [0.25, 0.3) is 0 Å². The quantitative estimate of drug-likeness (QED) is 0.0343. The van der Waals surface area contributed by atoms with E-state index in [0.717, 1.165) is 340 Å². The average Bonchev–Trinajstić information content (AvgIpc) is 1.58. The molecule has 0 fully saturated rings. The Bertz CT molecular complexity index is 4850. The lowest BCUT2D eigenvalue weighted by Gasteiger charge is -2.18. The summed E-state index contributed by atoms with van der Waals surface area (Å²) in [7, 11) is 0. The van der Waals surface area contributed by atoms with Gasteiger partial charge >= 0.3 is 0 Å². The van der Waals surface area contributed by atoms with Crippen LogP contribution in [0.1, 0.15) is 261 Å². The van der Waals surface area contributed by atoms with Crippen molar-refractivity contribution < 1.29 is 37.9 Å². The van der Waals surface area contributed by atoms with E-state index in [0.29, 0.717) is 98.7 Å². The van der Waals surface area contributed by atoms with Crippen LogP contribution in [0, 0.1) is 0 Å². The van der Waals surface area contributed by atoms with E-state index in [2.05, 4.69) is 211 Å². The van der Waals surface area contributed by atoms with Gasteiger partial charge in [-0.3, -0.25) is 0 Å². The molecule has 8 bridgehead atoms. The van der Waals surface area contributed by atoms with Crippen LogP contribution in [-0.2, 0) is 0 Å². The minimum absolute atomic E-state index is 0.435. The zero-order valence-corrected chi connectivity index (χ0v) is 73.1. The smallest absolute Gasteiger partial charge is 0.165 e. The van der Waals surface area contributed by atoms with Crippen LogP contribution in [0.2, 0.25) is 0 Å². The van der Waals surface area contributed by atoms with E-state index in [9.17, 15) is 0 Å². The number of benzene rings is 8. The summed E-state index contributed by atoms with van der Waals surface area (Å²) in [5.41, 5.74) is 11.9. The van der Waals surface area contributed by atoms with E-state index in [1.165, 1.54) is 0 Å². The number of nitrogens with one attached hydrogen (secondary N) is 2. The number of fused-ring (bicyclic) bond motifs is 20. The monoisotopic (exact) mass is 1620 g/mol. The van der Waals surface area contributed by atoms with Gasteiger partial charge in [0.2, 0.25) is 0 Å². The van der Waals surface area contributed by atoms with Crippen LogP contribution in [0.3, 0.4) is 0 Å². The van der Waals surface area contributed by atoms with Crippen LogP contribution in [0.25, 0.3) is 134 Å². The van der Waals surface area contributed by atoms with Gasteiger partial charge in [-0.05, 0) is 99.9 Å². The number of unbranched alkanes of at least 4 members (excludes halogenated alkanes) is 24. The molecule has 11 aromatic rings. The third-order valence-electron chi connectivity index (χ3n) is 23.0. The van der Waals surface area contributed by atoms with E-state index >= 15 is 0 Å². The molecular formula is C104H130N8O8. The van der Waals surface area contributed by atoms with Crippen molar-refractivity contribution in [2.75, 3.05) is 52.9 Å². The average molecular weight is 1620 g/mol. The minimum Gasteiger partial charge on any atom is -0.493 e. The third kappa shape index (κ3) is 21.6. The number of rotatable bonds is 52. The first-order valence-corrected chi connectivity index (χ1v) is 46.2. The van der Waals surface area contributed by atoms with Gasteiger partial charge in [0.05, 0.1) is 75.1 Å². The Hall–Kier alpha value is -10.5. The molecule has 0 unspecified atom stereocenters. The fraction of sp³-hybridized carbons (Fsp3) is 0.462. The first kappa shape index (κ1) is 87.3. The minimum atomic E-state index is 0.435. The Morgan fingerprint density at radius 1 is 0.192 bits per heavy atom. The van der Waals surface area contributed by atoms with Crippen molar-refractivity contribution in [3.8, 4) is 136 Å². The maximum atomic E-state index is 7.00. The molecule has 0 amide bonds. The lowest BCUT2D eigenvalue weighted by atomic mass is 9.94. The van der Waals surface area contributed by atoms with Crippen molar-refractivity contribution in [3.05, 3.63) is 146 Å². The Morgan fingerprint density at radius 2 is 0.400 bits per heavy atom. The zero-order chi connectivity index (χ0) is 83.0. The molecule has 16 heteroatoms. The van der Waals surface area contributed by atoms with Crippen molar-refractivity contribution in [1.82, 2.24) is 39.9 Å². The number of aromatic amines is 2. The highest BCUT2D eigenvalue weighted by atomic mass is 16.5. The van der Waals surface area contributed by atoms with Gasteiger partial charge in [-0.2, -0.15) is 0 Å². The predicted octanol–water partition coefficient (Wildman–Crippen LogP) is 29.2. The maximum absolute atomic E-state index is 7.00. The molecule has 0 atom stereocenters. The highest BCUT2D eigenvalue weighted by molar-refractivity contribution is 6.16. The molecule has 2 N–H and O–H groups in total. The third-order valence-corrected chi connectivity index (χ3v) is 23.0. The van der Waals surface area contributed by atoms with E-state index in [-0.39, 0.29) is 0 Å².